The number of thiocarbonyl (C=S) groups is 1. The number of ether oxygens (including phenoxy) is 1. The summed E-state index contributed by atoms with van der Waals surface area (Å²) in [5.74, 6) is 0.417. The highest BCUT2D eigenvalue weighted by atomic mass is 32.2. The molecule has 0 bridgehead atoms. The van der Waals surface area contributed by atoms with Gasteiger partial charge in [0.1, 0.15) is 0 Å². The van der Waals surface area contributed by atoms with E-state index in [1.807, 2.05) is 17.0 Å². The largest absolute Gasteiger partial charge is 0.376 e. The molecule has 0 aliphatic carbocycles. The number of aryl methyl sites for hydroxylation is 1. The first-order valence-electron chi connectivity index (χ1n) is 8.81. The lowest BCUT2D eigenvalue weighted by atomic mass is 10.1. The molecule has 1 N–H and O–H groups in total. The van der Waals surface area contributed by atoms with Crippen molar-refractivity contribution in [2.45, 2.75) is 45.3 Å². The SMILES string of the molecule is Cc1cccc(NC(=S)N(C[C@@H]2CCCO2)[C@H]2CCS(=O)(=O)C2)c1C. The highest BCUT2D eigenvalue weighted by Gasteiger charge is 2.35. The van der Waals surface area contributed by atoms with Crippen LogP contribution in [0.25, 0.3) is 0 Å². The number of rotatable bonds is 4. The molecule has 0 radical (unpaired) electrons. The Hall–Kier alpha value is -1.18. The second-order valence-corrected chi connectivity index (χ2v) is 9.64. The predicted molar refractivity (Wildman–Crippen MR) is 105 cm³/mol. The molecule has 25 heavy (non-hydrogen) atoms. The summed E-state index contributed by atoms with van der Waals surface area (Å²) in [6, 6.07) is 6.00. The second-order valence-electron chi connectivity index (χ2n) is 7.02. The van der Waals surface area contributed by atoms with Crippen LogP contribution in [-0.4, -0.2) is 55.2 Å². The predicted octanol–water partition coefficient (Wildman–Crippen LogP) is 2.67. The van der Waals surface area contributed by atoms with Crippen molar-refractivity contribution in [1.29, 1.82) is 0 Å². The smallest absolute Gasteiger partial charge is 0.173 e. The van der Waals surface area contributed by atoms with Crippen LogP contribution in [0.3, 0.4) is 0 Å². The monoisotopic (exact) mass is 382 g/mol. The zero-order valence-electron chi connectivity index (χ0n) is 14.8. The first-order valence-corrected chi connectivity index (χ1v) is 11.0. The van der Waals surface area contributed by atoms with E-state index in [0.29, 0.717) is 18.1 Å². The average molecular weight is 383 g/mol. The van der Waals surface area contributed by atoms with Gasteiger partial charge in [0.2, 0.25) is 0 Å². The van der Waals surface area contributed by atoms with Crippen molar-refractivity contribution in [3.63, 3.8) is 0 Å². The van der Waals surface area contributed by atoms with Gasteiger partial charge in [-0.15, -0.1) is 0 Å². The van der Waals surface area contributed by atoms with Crippen molar-refractivity contribution in [3.05, 3.63) is 29.3 Å². The minimum absolute atomic E-state index is 0.0701. The van der Waals surface area contributed by atoms with Crippen LogP contribution in [0, 0.1) is 13.8 Å². The Kier molecular flexibility index (Phi) is 5.65. The summed E-state index contributed by atoms with van der Waals surface area (Å²) in [5, 5.41) is 3.93. The van der Waals surface area contributed by atoms with Crippen molar-refractivity contribution in [2.24, 2.45) is 0 Å². The Balaban J connectivity index is 1.77. The minimum Gasteiger partial charge on any atom is -0.376 e. The summed E-state index contributed by atoms with van der Waals surface area (Å²) >= 11 is 5.67. The highest BCUT2D eigenvalue weighted by molar-refractivity contribution is 7.91. The van der Waals surface area contributed by atoms with Gasteiger partial charge in [0.25, 0.3) is 0 Å². The third-order valence-corrected chi connectivity index (χ3v) is 7.27. The fourth-order valence-corrected chi connectivity index (χ4v) is 5.56. The molecule has 2 atom stereocenters. The molecular formula is C18H26N2O3S2. The van der Waals surface area contributed by atoms with E-state index < -0.39 is 9.84 Å². The van der Waals surface area contributed by atoms with Crippen LogP contribution in [0.4, 0.5) is 5.69 Å². The van der Waals surface area contributed by atoms with Gasteiger partial charge in [0.05, 0.1) is 17.6 Å². The van der Waals surface area contributed by atoms with Crippen molar-refractivity contribution >= 4 is 32.9 Å². The Morgan fingerprint density at radius 3 is 2.80 bits per heavy atom. The minimum atomic E-state index is -2.97. The summed E-state index contributed by atoms with van der Waals surface area (Å²) in [5.41, 5.74) is 3.33. The first-order chi connectivity index (χ1) is 11.9. The van der Waals surface area contributed by atoms with Gasteiger partial charge in [-0.05, 0) is 62.5 Å². The van der Waals surface area contributed by atoms with Gasteiger partial charge in [-0.2, -0.15) is 0 Å². The molecule has 0 spiro atoms. The van der Waals surface area contributed by atoms with Crippen LogP contribution in [0.2, 0.25) is 0 Å². The zero-order chi connectivity index (χ0) is 18.0. The first kappa shape index (κ1) is 18.6. The molecule has 2 heterocycles. The highest BCUT2D eigenvalue weighted by Crippen LogP contribution is 2.24. The Bertz CT molecular complexity index is 743. The maximum Gasteiger partial charge on any atom is 0.173 e. The lowest BCUT2D eigenvalue weighted by Gasteiger charge is -2.33. The summed E-state index contributed by atoms with van der Waals surface area (Å²) < 4.78 is 29.6. The number of nitrogens with zero attached hydrogens (tertiary/aromatic N) is 1. The van der Waals surface area contributed by atoms with Gasteiger partial charge >= 0.3 is 0 Å². The van der Waals surface area contributed by atoms with Crippen molar-refractivity contribution in [2.75, 3.05) is 30.0 Å². The van der Waals surface area contributed by atoms with Crippen LogP contribution in [0.5, 0.6) is 0 Å². The fraction of sp³-hybridized carbons (Fsp3) is 0.611. The van der Waals surface area contributed by atoms with Gasteiger partial charge in [0, 0.05) is 24.9 Å². The third kappa shape index (κ3) is 4.51. The van der Waals surface area contributed by atoms with Crippen molar-refractivity contribution in [1.82, 2.24) is 4.90 Å². The fourth-order valence-electron chi connectivity index (χ4n) is 3.50. The molecule has 2 fully saturated rings. The van der Waals surface area contributed by atoms with Crippen LogP contribution in [-0.2, 0) is 14.6 Å². The summed E-state index contributed by atoms with van der Waals surface area (Å²) in [4.78, 5) is 2.04. The van der Waals surface area contributed by atoms with Gasteiger partial charge in [-0.25, -0.2) is 8.42 Å². The number of benzene rings is 1. The van der Waals surface area contributed by atoms with Crippen LogP contribution < -0.4 is 5.32 Å². The molecule has 0 unspecified atom stereocenters. The van der Waals surface area contributed by atoms with Crippen LogP contribution in [0.1, 0.15) is 30.4 Å². The number of sulfone groups is 1. The van der Waals surface area contributed by atoms with Crippen LogP contribution >= 0.6 is 12.2 Å². The van der Waals surface area contributed by atoms with E-state index in [0.717, 1.165) is 30.7 Å². The molecule has 138 valence electrons. The molecule has 7 heteroatoms. The molecule has 1 aromatic carbocycles. The van der Waals surface area contributed by atoms with E-state index >= 15 is 0 Å². The van der Waals surface area contributed by atoms with E-state index in [-0.39, 0.29) is 23.7 Å². The number of hydrogen-bond acceptors (Lipinski definition) is 4. The Morgan fingerprint density at radius 2 is 2.16 bits per heavy atom. The Labute approximate surface area is 155 Å². The van der Waals surface area contributed by atoms with E-state index in [4.69, 9.17) is 17.0 Å². The number of anilines is 1. The molecule has 2 aliphatic heterocycles. The Morgan fingerprint density at radius 1 is 1.36 bits per heavy atom. The van der Waals surface area contributed by atoms with Crippen molar-refractivity contribution in [3.8, 4) is 0 Å². The summed E-state index contributed by atoms with van der Waals surface area (Å²) in [6.07, 6.45) is 2.81. The van der Waals surface area contributed by atoms with E-state index in [1.54, 1.807) is 0 Å². The maximum atomic E-state index is 11.9. The average Bonchev–Trinajstić information content (AvgIpc) is 3.18. The quantitative estimate of drug-likeness (QED) is 0.808. The second kappa shape index (κ2) is 7.60. The third-order valence-electron chi connectivity index (χ3n) is 5.18. The summed E-state index contributed by atoms with van der Waals surface area (Å²) in [7, 11) is -2.97. The molecule has 0 aromatic heterocycles. The number of hydrogen-bond donors (Lipinski definition) is 1. The van der Waals surface area contributed by atoms with Gasteiger partial charge < -0.3 is 15.0 Å². The molecule has 0 saturated carbocycles. The molecule has 5 nitrogen and oxygen atoms in total. The van der Waals surface area contributed by atoms with Crippen LogP contribution in [0.15, 0.2) is 18.2 Å². The van der Waals surface area contributed by atoms with E-state index in [9.17, 15) is 8.42 Å². The van der Waals surface area contributed by atoms with E-state index in [1.165, 1.54) is 5.56 Å². The molecular weight excluding hydrogens is 356 g/mol. The topological polar surface area (TPSA) is 58.6 Å². The summed E-state index contributed by atoms with van der Waals surface area (Å²) in [6.45, 7) is 5.55. The van der Waals surface area contributed by atoms with Gasteiger partial charge in [-0.1, -0.05) is 12.1 Å². The normalized spacial score (nSPS) is 25.0. The lowest BCUT2D eigenvalue weighted by Crippen LogP contribution is -2.47. The van der Waals surface area contributed by atoms with Gasteiger partial charge in [-0.3, -0.25) is 0 Å². The molecule has 0 amide bonds. The molecule has 2 saturated heterocycles. The maximum absolute atomic E-state index is 11.9. The van der Waals surface area contributed by atoms with Gasteiger partial charge in [0.15, 0.2) is 14.9 Å². The zero-order valence-corrected chi connectivity index (χ0v) is 16.5. The molecule has 3 rings (SSSR count). The standard InChI is InChI=1S/C18H26N2O3S2/c1-13-5-3-7-17(14(13)2)19-18(24)20(11-16-6-4-9-23-16)15-8-10-25(21,22)12-15/h3,5,7,15-16H,4,6,8-12H2,1-2H3,(H,19,24)/t15-,16-/m0/s1. The number of nitrogens with one attached hydrogen (secondary N) is 1. The lowest BCUT2D eigenvalue weighted by molar-refractivity contribution is 0.0851. The molecule has 2 aliphatic rings. The van der Waals surface area contributed by atoms with E-state index in [2.05, 4.69) is 25.2 Å². The van der Waals surface area contributed by atoms with Crippen molar-refractivity contribution < 1.29 is 13.2 Å². The molecule has 1 aromatic rings.